The SMILES string of the molecule is CCCNc1ncccc1CN1C(=O)NC(CCC)C1=O. The van der Waals surface area contributed by atoms with Crippen LogP contribution in [-0.4, -0.2) is 34.4 Å². The third kappa shape index (κ3) is 3.51. The molecule has 21 heavy (non-hydrogen) atoms. The molecule has 1 atom stereocenters. The highest BCUT2D eigenvalue weighted by molar-refractivity contribution is 6.04. The van der Waals surface area contributed by atoms with Crippen molar-refractivity contribution >= 4 is 17.8 Å². The van der Waals surface area contributed by atoms with Crippen molar-refractivity contribution in [2.24, 2.45) is 0 Å². The van der Waals surface area contributed by atoms with E-state index in [1.165, 1.54) is 4.90 Å². The molecule has 1 aromatic heterocycles. The molecule has 0 bridgehead atoms. The fourth-order valence-corrected chi connectivity index (χ4v) is 2.35. The van der Waals surface area contributed by atoms with Crippen molar-refractivity contribution in [3.63, 3.8) is 0 Å². The molecule has 2 heterocycles. The Kier molecular flexibility index (Phi) is 5.14. The molecular weight excluding hydrogens is 268 g/mol. The van der Waals surface area contributed by atoms with Crippen LogP contribution in [0.25, 0.3) is 0 Å². The number of pyridine rings is 1. The van der Waals surface area contributed by atoms with Crippen molar-refractivity contribution in [3.05, 3.63) is 23.9 Å². The number of amides is 3. The first-order chi connectivity index (χ1) is 10.2. The average molecular weight is 290 g/mol. The van der Waals surface area contributed by atoms with Crippen LogP contribution in [0.5, 0.6) is 0 Å². The summed E-state index contributed by atoms with van der Waals surface area (Å²) in [5.74, 6) is 0.589. The van der Waals surface area contributed by atoms with Crippen molar-refractivity contribution in [1.29, 1.82) is 0 Å². The molecule has 2 rings (SSSR count). The van der Waals surface area contributed by atoms with Gasteiger partial charge in [-0.3, -0.25) is 9.69 Å². The van der Waals surface area contributed by atoms with Crippen molar-refractivity contribution in [2.45, 2.75) is 45.7 Å². The summed E-state index contributed by atoms with van der Waals surface area (Å²) in [5, 5.41) is 5.96. The van der Waals surface area contributed by atoms with Crippen LogP contribution >= 0.6 is 0 Å². The number of hydrogen-bond donors (Lipinski definition) is 2. The lowest BCUT2D eigenvalue weighted by molar-refractivity contribution is -0.128. The highest BCUT2D eigenvalue weighted by atomic mass is 16.2. The molecule has 6 nitrogen and oxygen atoms in total. The fourth-order valence-electron chi connectivity index (χ4n) is 2.35. The zero-order valence-corrected chi connectivity index (χ0v) is 12.6. The zero-order valence-electron chi connectivity index (χ0n) is 12.6. The van der Waals surface area contributed by atoms with Gasteiger partial charge in [-0.1, -0.05) is 26.3 Å². The summed E-state index contributed by atoms with van der Waals surface area (Å²) in [5.41, 5.74) is 0.853. The van der Waals surface area contributed by atoms with Crippen molar-refractivity contribution in [2.75, 3.05) is 11.9 Å². The summed E-state index contributed by atoms with van der Waals surface area (Å²) in [4.78, 5) is 29.7. The van der Waals surface area contributed by atoms with Crippen LogP contribution in [0.4, 0.5) is 10.6 Å². The van der Waals surface area contributed by atoms with Gasteiger partial charge in [0.25, 0.3) is 5.91 Å². The number of nitrogens with one attached hydrogen (secondary N) is 2. The minimum Gasteiger partial charge on any atom is -0.370 e. The van der Waals surface area contributed by atoms with Gasteiger partial charge in [0.15, 0.2) is 0 Å². The molecule has 1 aliphatic rings. The maximum atomic E-state index is 12.2. The van der Waals surface area contributed by atoms with Crippen LogP contribution in [0.2, 0.25) is 0 Å². The molecule has 0 spiro atoms. The van der Waals surface area contributed by atoms with Crippen LogP contribution < -0.4 is 10.6 Å². The summed E-state index contributed by atoms with van der Waals surface area (Å²) < 4.78 is 0. The fraction of sp³-hybridized carbons (Fsp3) is 0.533. The molecule has 6 heteroatoms. The number of imide groups is 1. The van der Waals surface area contributed by atoms with Crippen LogP contribution in [0.3, 0.4) is 0 Å². The normalized spacial score (nSPS) is 18.0. The number of anilines is 1. The second-order valence-electron chi connectivity index (χ2n) is 5.15. The summed E-state index contributed by atoms with van der Waals surface area (Å²) in [6.45, 7) is 5.13. The third-order valence-corrected chi connectivity index (χ3v) is 3.45. The smallest absolute Gasteiger partial charge is 0.325 e. The van der Waals surface area contributed by atoms with Crippen molar-refractivity contribution in [1.82, 2.24) is 15.2 Å². The molecule has 2 N–H and O–H groups in total. The van der Waals surface area contributed by atoms with Crippen LogP contribution in [0, 0.1) is 0 Å². The van der Waals surface area contributed by atoms with E-state index in [0.29, 0.717) is 6.42 Å². The first-order valence-corrected chi connectivity index (χ1v) is 7.47. The zero-order chi connectivity index (χ0) is 15.2. The Morgan fingerprint density at radius 2 is 2.14 bits per heavy atom. The Morgan fingerprint density at radius 1 is 1.33 bits per heavy atom. The molecule has 3 amide bonds. The van der Waals surface area contributed by atoms with Gasteiger partial charge in [0.2, 0.25) is 0 Å². The lowest BCUT2D eigenvalue weighted by Gasteiger charge is -2.16. The maximum Gasteiger partial charge on any atom is 0.325 e. The number of aromatic nitrogens is 1. The highest BCUT2D eigenvalue weighted by Crippen LogP contribution is 2.19. The molecule has 0 aromatic carbocycles. The van der Waals surface area contributed by atoms with E-state index >= 15 is 0 Å². The predicted octanol–water partition coefficient (Wildman–Crippen LogP) is 2.12. The second-order valence-corrected chi connectivity index (χ2v) is 5.15. The lowest BCUT2D eigenvalue weighted by atomic mass is 10.1. The van der Waals surface area contributed by atoms with Crippen LogP contribution in [-0.2, 0) is 11.3 Å². The van der Waals surface area contributed by atoms with Gasteiger partial charge in [-0.05, 0) is 18.9 Å². The molecule has 0 aliphatic carbocycles. The summed E-state index contributed by atoms with van der Waals surface area (Å²) in [7, 11) is 0. The molecule has 1 aromatic rings. The van der Waals surface area contributed by atoms with Gasteiger partial charge in [-0.2, -0.15) is 0 Å². The summed E-state index contributed by atoms with van der Waals surface area (Å²) in [6.07, 6.45) is 4.22. The van der Waals surface area contributed by atoms with E-state index in [2.05, 4.69) is 22.5 Å². The molecule has 1 aliphatic heterocycles. The number of nitrogens with zero attached hydrogens (tertiary/aromatic N) is 2. The van der Waals surface area contributed by atoms with E-state index in [-0.39, 0.29) is 24.5 Å². The van der Waals surface area contributed by atoms with Gasteiger partial charge in [0, 0.05) is 18.3 Å². The standard InChI is InChI=1S/C15H22N4O2/c1-3-6-12-14(20)19(15(21)18-12)10-11-7-5-9-17-13(11)16-8-4-2/h5,7,9,12H,3-4,6,8,10H2,1-2H3,(H,16,17)(H,18,21). The van der Waals surface area contributed by atoms with E-state index in [0.717, 1.165) is 30.8 Å². The van der Waals surface area contributed by atoms with Gasteiger partial charge >= 0.3 is 6.03 Å². The largest absolute Gasteiger partial charge is 0.370 e. The maximum absolute atomic E-state index is 12.2. The lowest BCUT2D eigenvalue weighted by Crippen LogP contribution is -2.31. The van der Waals surface area contributed by atoms with E-state index in [9.17, 15) is 9.59 Å². The second kappa shape index (κ2) is 7.06. The van der Waals surface area contributed by atoms with Crippen LogP contribution in [0.1, 0.15) is 38.7 Å². The molecule has 1 saturated heterocycles. The Morgan fingerprint density at radius 3 is 2.86 bits per heavy atom. The molecule has 1 unspecified atom stereocenters. The quantitative estimate of drug-likeness (QED) is 0.754. The Bertz CT molecular complexity index is 518. The van der Waals surface area contributed by atoms with Crippen molar-refractivity contribution in [3.8, 4) is 0 Å². The Hall–Kier alpha value is -2.11. The van der Waals surface area contributed by atoms with E-state index in [1.807, 2.05) is 19.1 Å². The molecule has 114 valence electrons. The molecule has 1 fully saturated rings. The molecular formula is C15H22N4O2. The summed E-state index contributed by atoms with van der Waals surface area (Å²) in [6, 6.07) is 3.00. The van der Waals surface area contributed by atoms with E-state index in [4.69, 9.17) is 0 Å². The number of carbonyl (C=O) groups is 2. The number of rotatable bonds is 7. The number of urea groups is 1. The number of carbonyl (C=O) groups excluding carboxylic acids is 2. The Labute approximate surface area is 124 Å². The Balaban J connectivity index is 2.11. The van der Waals surface area contributed by atoms with E-state index in [1.54, 1.807) is 6.20 Å². The van der Waals surface area contributed by atoms with E-state index < -0.39 is 0 Å². The molecule has 0 radical (unpaired) electrons. The first-order valence-electron chi connectivity index (χ1n) is 7.47. The minimum absolute atomic E-state index is 0.146. The van der Waals surface area contributed by atoms with Crippen LogP contribution in [0.15, 0.2) is 18.3 Å². The highest BCUT2D eigenvalue weighted by Gasteiger charge is 2.37. The van der Waals surface area contributed by atoms with Crippen molar-refractivity contribution < 1.29 is 9.59 Å². The summed E-state index contributed by atoms with van der Waals surface area (Å²) >= 11 is 0. The average Bonchev–Trinajstić information content (AvgIpc) is 2.74. The topological polar surface area (TPSA) is 74.3 Å². The van der Waals surface area contributed by atoms with Gasteiger partial charge in [0.1, 0.15) is 11.9 Å². The molecule has 0 saturated carbocycles. The van der Waals surface area contributed by atoms with Gasteiger partial charge in [-0.25, -0.2) is 9.78 Å². The van der Waals surface area contributed by atoms with Gasteiger partial charge in [0.05, 0.1) is 6.54 Å². The monoisotopic (exact) mass is 290 g/mol. The van der Waals surface area contributed by atoms with Gasteiger partial charge in [-0.15, -0.1) is 0 Å². The minimum atomic E-state index is -0.383. The third-order valence-electron chi connectivity index (χ3n) is 3.45. The first kappa shape index (κ1) is 15.3. The van der Waals surface area contributed by atoms with Gasteiger partial charge < -0.3 is 10.6 Å². The number of hydrogen-bond acceptors (Lipinski definition) is 4. The predicted molar refractivity (Wildman–Crippen MR) is 80.8 cm³/mol.